The lowest BCUT2D eigenvalue weighted by Crippen LogP contribution is -2.50. The van der Waals surface area contributed by atoms with Gasteiger partial charge in [0.05, 0.1) is 16.7 Å². The van der Waals surface area contributed by atoms with Gasteiger partial charge in [-0.15, -0.1) is 0 Å². The molecular weight excluding hydrogens is 503 g/mol. The van der Waals surface area contributed by atoms with Gasteiger partial charge in [0.1, 0.15) is 11.6 Å². The van der Waals surface area contributed by atoms with E-state index in [1.807, 2.05) is 23.1 Å². The maximum Gasteiger partial charge on any atom is 0.422 e. The third-order valence-electron chi connectivity index (χ3n) is 7.04. The molecule has 1 aromatic heterocycles. The van der Waals surface area contributed by atoms with Crippen molar-refractivity contribution in [3.63, 3.8) is 0 Å². The number of nitro benzene ring substituents is 1. The summed E-state index contributed by atoms with van der Waals surface area (Å²) in [6, 6.07) is 9.27. The van der Waals surface area contributed by atoms with Crippen molar-refractivity contribution in [1.29, 1.82) is 0 Å². The average molecular weight is 536 g/mol. The molecule has 206 valence electrons. The van der Waals surface area contributed by atoms with Crippen LogP contribution in [0.15, 0.2) is 42.6 Å². The molecule has 0 atom stereocenters. The third kappa shape index (κ3) is 7.33. The number of hydrogen-bond donors (Lipinski definition) is 0. The highest BCUT2D eigenvalue weighted by molar-refractivity contribution is 5.94. The van der Waals surface area contributed by atoms with Crippen LogP contribution in [-0.2, 0) is 4.79 Å². The molecule has 12 heteroatoms. The molecule has 38 heavy (non-hydrogen) atoms. The first-order valence-electron chi connectivity index (χ1n) is 12.9. The van der Waals surface area contributed by atoms with E-state index in [0.29, 0.717) is 50.8 Å². The van der Waals surface area contributed by atoms with Gasteiger partial charge >= 0.3 is 6.18 Å². The van der Waals surface area contributed by atoms with Crippen LogP contribution in [0.3, 0.4) is 0 Å². The Morgan fingerprint density at radius 2 is 1.84 bits per heavy atom. The molecule has 9 nitrogen and oxygen atoms in total. The number of nitro groups is 1. The zero-order chi connectivity index (χ0) is 27.1. The van der Waals surface area contributed by atoms with Crippen molar-refractivity contribution in [2.24, 2.45) is 5.92 Å². The normalized spacial score (nSPS) is 17.3. The SMILES string of the molecule is O=C(C1CCCCC1)N(CCN1CCN(c2ccc([N+](=O)[O-])cc2OCC(F)(F)F)CC1)c1ccccn1. The van der Waals surface area contributed by atoms with Crippen molar-refractivity contribution in [3.8, 4) is 5.75 Å². The van der Waals surface area contributed by atoms with Gasteiger partial charge in [0.15, 0.2) is 6.61 Å². The van der Waals surface area contributed by atoms with Crippen LogP contribution in [0.25, 0.3) is 0 Å². The van der Waals surface area contributed by atoms with Gasteiger partial charge in [-0.1, -0.05) is 25.3 Å². The third-order valence-corrected chi connectivity index (χ3v) is 7.04. The average Bonchev–Trinajstić information content (AvgIpc) is 2.93. The van der Waals surface area contributed by atoms with Crippen molar-refractivity contribution >= 4 is 23.1 Å². The van der Waals surface area contributed by atoms with Crippen LogP contribution in [-0.4, -0.2) is 72.8 Å². The number of amides is 1. The second-order valence-corrected chi connectivity index (χ2v) is 9.65. The predicted molar refractivity (Wildman–Crippen MR) is 136 cm³/mol. The smallest absolute Gasteiger partial charge is 0.422 e. The number of ether oxygens (including phenoxy) is 1. The van der Waals surface area contributed by atoms with Crippen LogP contribution < -0.4 is 14.5 Å². The Morgan fingerprint density at radius 3 is 2.47 bits per heavy atom. The van der Waals surface area contributed by atoms with E-state index in [2.05, 4.69) is 9.88 Å². The largest absolute Gasteiger partial charge is 0.482 e. The summed E-state index contributed by atoms with van der Waals surface area (Å²) in [5, 5.41) is 11.1. The number of carbonyl (C=O) groups excluding carboxylic acids is 1. The molecule has 0 radical (unpaired) electrons. The van der Waals surface area contributed by atoms with Crippen molar-refractivity contribution in [1.82, 2.24) is 9.88 Å². The van der Waals surface area contributed by atoms with Gasteiger partial charge < -0.3 is 9.64 Å². The monoisotopic (exact) mass is 535 g/mol. The summed E-state index contributed by atoms with van der Waals surface area (Å²) in [6.07, 6.45) is 2.20. The first-order valence-corrected chi connectivity index (χ1v) is 12.9. The van der Waals surface area contributed by atoms with Gasteiger partial charge in [0.25, 0.3) is 5.69 Å². The number of non-ortho nitro benzene ring substituents is 1. The van der Waals surface area contributed by atoms with Crippen LogP contribution in [0.5, 0.6) is 5.75 Å². The number of rotatable bonds is 9. The molecule has 4 rings (SSSR count). The van der Waals surface area contributed by atoms with Crippen LogP contribution in [0.2, 0.25) is 0 Å². The van der Waals surface area contributed by atoms with Gasteiger partial charge in [-0.25, -0.2) is 4.98 Å². The summed E-state index contributed by atoms with van der Waals surface area (Å²) >= 11 is 0. The number of halogens is 3. The molecule has 0 bridgehead atoms. The molecule has 2 heterocycles. The fourth-order valence-corrected chi connectivity index (χ4v) is 5.03. The standard InChI is InChI=1S/C26H32F3N5O4/c27-26(28,29)19-38-23-18-21(34(36)37)9-10-22(23)32-15-12-31(13-16-32)14-17-33(24-8-4-5-11-30-24)25(35)20-6-2-1-3-7-20/h4-5,8-11,18,20H,1-3,6-7,12-17,19H2. The number of hydrogen-bond acceptors (Lipinski definition) is 7. The Morgan fingerprint density at radius 1 is 1.11 bits per heavy atom. The van der Waals surface area contributed by atoms with Crippen molar-refractivity contribution in [2.75, 3.05) is 55.7 Å². The Hall–Kier alpha value is -3.41. The summed E-state index contributed by atoms with van der Waals surface area (Å²) in [6.45, 7) is 1.82. The molecule has 0 N–H and O–H groups in total. The number of carbonyl (C=O) groups is 1. The van der Waals surface area contributed by atoms with E-state index in [0.717, 1.165) is 38.2 Å². The zero-order valence-corrected chi connectivity index (χ0v) is 21.1. The number of pyridine rings is 1. The fourth-order valence-electron chi connectivity index (χ4n) is 5.03. The lowest BCUT2D eigenvalue weighted by molar-refractivity contribution is -0.384. The molecule has 1 saturated carbocycles. The Balaban J connectivity index is 1.39. The molecule has 2 aliphatic rings. The highest BCUT2D eigenvalue weighted by Crippen LogP contribution is 2.34. The van der Waals surface area contributed by atoms with E-state index in [4.69, 9.17) is 4.74 Å². The molecular formula is C26H32F3N5O4. The molecule has 1 aliphatic heterocycles. The highest BCUT2D eigenvalue weighted by atomic mass is 19.4. The summed E-state index contributed by atoms with van der Waals surface area (Å²) in [7, 11) is 0. The minimum Gasteiger partial charge on any atom is -0.482 e. The topological polar surface area (TPSA) is 92.1 Å². The first kappa shape index (κ1) is 27.6. The number of anilines is 2. The van der Waals surface area contributed by atoms with Crippen LogP contribution in [0.1, 0.15) is 32.1 Å². The summed E-state index contributed by atoms with van der Waals surface area (Å²) in [5.74, 6) is 0.600. The van der Waals surface area contributed by atoms with E-state index in [1.54, 1.807) is 11.1 Å². The second-order valence-electron chi connectivity index (χ2n) is 9.65. The predicted octanol–water partition coefficient (Wildman–Crippen LogP) is 4.67. The van der Waals surface area contributed by atoms with Crippen molar-refractivity contribution in [2.45, 2.75) is 38.3 Å². The van der Waals surface area contributed by atoms with E-state index in [1.165, 1.54) is 12.1 Å². The molecule has 2 aromatic rings. The maximum absolute atomic E-state index is 13.4. The zero-order valence-electron chi connectivity index (χ0n) is 21.1. The number of piperazine rings is 1. The number of alkyl halides is 3. The van der Waals surface area contributed by atoms with E-state index in [-0.39, 0.29) is 23.3 Å². The van der Waals surface area contributed by atoms with Gasteiger partial charge in [0.2, 0.25) is 5.91 Å². The van der Waals surface area contributed by atoms with Gasteiger partial charge in [-0.05, 0) is 31.0 Å². The Kier molecular flexibility index (Phi) is 9.03. The molecule has 2 fully saturated rings. The molecule has 0 unspecified atom stereocenters. The molecule has 0 spiro atoms. The lowest BCUT2D eigenvalue weighted by atomic mass is 9.88. The van der Waals surface area contributed by atoms with Crippen molar-refractivity contribution in [3.05, 3.63) is 52.7 Å². The van der Waals surface area contributed by atoms with Gasteiger partial charge in [-0.3, -0.25) is 24.7 Å². The fraction of sp³-hybridized carbons (Fsp3) is 0.538. The highest BCUT2D eigenvalue weighted by Gasteiger charge is 2.31. The van der Waals surface area contributed by atoms with Crippen LogP contribution in [0, 0.1) is 16.0 Å². The van der Waals surface area contributed by atoms with E-state index >= 15 is 0 Å². The lowest BCUT2D eigenvalue weighted by Gasteiger charge is -2.37. The summed E-state index contributed by atoms with van der Waals surface area (Å²) in [5.41, 5.74) is 0.0592. The van der Waals surface area contributed by atoms with Crippen LogP contribution >= 0.6 is 0 Å². The number of nitrogens with zero attached hydrogens (tertiary/aromatic N) is 5. The minimum absolute atomic E-state index is 0.0138. The van der Waals surface area contributed by atoms with E-state index in [9.17, 15) is 28.1 Å². The van der Waals surface area contributed by atoms with Gasteiger partial charge in [-0.2, -0.15) is 13.2 Å². The van der Waals surface area contributed by atoms with Crippen molar-refractivity contribution < 1.29 is 27.6 Å². The molecule has 1 saturated heterocycles. The summed E-state index contributed by atoms with van der Waals surface area (Å²) < 4.78 is 43.2. The van der Waals surface area contributed by atoms with Gasteiger partial charge in [0, 0.05) is 57.4 Å². The summed E-state index contributed by atoms with van der Waals surface area (Å²) in [4.78, 5) is 34.1. The molecule has 1 amide bonds. The maximum atomic E-state index is 13.4. The minimum atomic E-state index is -4.56. The van der Waals surface area contributed by atoms with Crippen LogP contribution in [0.4, 0.5) is 30.4 Å². The molecule has 1 aliphatic carbocycles. The molecule has 1 aromatic carbocycles. The number of aromatic nitrogens is 1. The second kappa shape index (κ2) is 12.4. The number of benzene rings is 1. The Bertz CT molecular complexity index is 1090. The van der Waals surface area contributed by atoms with E-state index < -0.39 is 17.7 Å². The Labute approximate surface area is 219 Å². The quantitative estimate of drug-likeness (QED) is 0.341. The first-order chi connectivity index (χ1) is 18.2.